The van der Waals surface area contributed by atoms with Crippen LogP contribution in [0.2, 0.25) is 0 Å². The summed E-state index contributed by atoms with van der Waals surface area (Å²) in [6, 6.07) is -3.05. The van der Waals surface area contributed by atoms with Crippen molar-refractivity contribution in [2.24, 2.45) is 39.9 Å². The van der Waals surface area contributed by atoms with Crippen LogP contribution in [0.1, 0.15) is 113 Å². The molecule has 2 amide bonds. The van der Waals surface area contributed by atoms with E-state index in [0.717, 1.165) is 58.8 Å². The summed E-state index contributed by atoms with van der Waals surface area (Å²) in [6.45, 7) is 11.6. The molecule has 0 unspecified atom stereocenters. The number of allylic oxidation sites excluding steroid dienone is 2. The summed E-state index contributed by atoms with van der Waals surface area (Å²) in [6.07, 6.45) is -31.0. The summed E-state index contributed by atoms with van der Waals surface area (Å²) in [5, 5.41) is 147. The zero-order valence-corrected chi connectivity index (χ0v) is 50.8. The minimum atomic E-state index is -1.99. The number of aliphatic hydroxyl groups excluding tert-OH is 13. The Bertz CT molecular complexity index is 2410. The molecule has 0 aromatic carbocycles. The number of rotatable bonds is 19. The van der Waals surface area contributed by atoms with E-state index in [1.165, 1.54) is 5.57 Å². The van der Waals surface area contributed by atoms with E-state index in [9.17, 15) is 80.8 Å². The topological polar surface area (TPSA) is 431 Å². The van der Waals surface area contributed by atoms with Crippen LogP contribution in [-0.4, -0.2) is 270 Å². The summed E-state index contributed by atoms with van der Waals surface area (Å²) in [7, 11) is 0. The maximum atomic E-state index is 12.9. The van der Waals surface area contributed by atoms with E-state index in [2.05, 4.69) is 45.3 Å². The highest BCUT2D eigenvalue weighted by molar-refractivity contribution is 5.75. The quantitative estimate of drug-likeness (QED) is 0.0555. The number of carbonyl (C=O) groups excluding carboxylic acids is 3. The number of ketones is 1. The van der Waals surface area contributed by atoms with Gasteiger partial charge in [0, 0.05) is 20.3 Å². The van der Waals surface area contributed by atoms with E-state index in [4.69, 9.17) is 47.4 Å². The molecule has 498 valence electrons. The number of fused-ring (bicyclic) bond motifs is 4. The molecule has 28 heteroatoms. The van der Waals surface area contributed by atoms with Crippen LogP contribution in [0.3, 0.4) is 0 Å². The Kier molecular flexibility index (Phi) is 21.8. The summed E-state index contributed by atoms with van der Waals surface area (Å²) >= 11 is 0. The first kappa shape index (κ1) is 68.8. The first-order valence-electron chi connectivity index (χ1n) is 30.9. The minimum absolute atomic E-state index is 0.0974. The monoisotopic (exact) mass is 1250 g/mol. The van der Waals surface area contributed by atoms with E-state index < -0.39 is 204 Å². The summed E-state index contributed by atoms with van der Waals surface area (Å²) < 4.78 is 61.8. The average molecular weight is 1250 g/mol. The second kappa shape index (κ2) is 27.6. The molecule has 9 rings (SSSR count). The van der Waals surface area contributed by atoms with Gasteiger partial charge in [0.25, 0.3) is 0 Å². The summed E-state index contributed by atoms with van der Waals surface area (Å²) in [4.78, 5) is 37.6. The smallest absolute Gasteiger partial charge is 0.217 e. The molecule has 0 aromatic rings. The van der Waals surface area contributed by atoms with Gasteiger partial charge in [0.05, 0.1) is 39.1 Å². The fourth-order valence-electron chi connectivity index (χ4n) is 16.7. The van der Waals surface area contributed by atoms with Crippen molar-refractivity contribution in [1.82, 2.24) is 10.6 Å². The lowest BCUT2D eigenvalue weighted by atomic mass is 9.45. The third-order valence-corrected chi connectivity index (χ3v) is 21.3. The van der Waals surface area contributed by atoms with Crippen LogP contribution in [0.25, 0.3) is 0 Å². The van der Waals surface area contributed by atoms with E-state index in [-0.39, 0.29) is 22.5 Å². The summed E-state index contributed by atoms with van der Waals surface area (Å²) in [5.41, 5.74) is 2.46. The van der Waals surface area contributed by atoms with Crippen molar-refractivity contribution in [2.75, 3.05) is 33.0 Å². The first-order valence-corrected chi connectivity index (χ1v) is 30.9. The van der Waals surface area contributed by atoms with Gasteiger partial charge in [-0.3, -0.25) is 9.59 Å². The van der Waals surface area contributed by atoms with Gasteiger partial charge in [-0.15, -0.1) is 0 Å². The molecule has 0 aromatic heterocycles. The molecule has 0 spiro atoms. The molecular formula is C59H96N2O26. The summed E-state index contributed by atoms with van der Waals surface area (Å²) in [5.74, 6) is 0.158. The number of hydrogen-bond donors (Lipinski definition) is 15. The molecule has 2 saturated carbocycles. The van der Waals surface area contributed by atoms with Crippen molar-refractivity contribution in [3.8, 4) is 0 Å². The predicted molar refractivity (Wildman–Crippen MR) is 295 cm³/mol. The van der Waals surface area contributed by atoms with Crippen LogP contribution in [0.15, 0.2) is 11.1 Å². The Morgan fingerprint density at radius 3 is 1.69 bits per heavy atom. The van der Waals surface area contributed by atoms with Crippen LogP contribution in [-0.2, 0) is 61.8 Å². The third-order valence-electron chi connectivity index (χ3n) is 21.3. The molecule has 7 fully saturated rings. The highest BCUT2D eigenvalue weighted by atomic mass is 16.8. The number of ether oxygens (including phenoxy) is 10. The van der Waals surface area contributed by atoms with Crippen LogP contribution in [0.4, 0.5) is 0 Å². The number of hydrogen-bond acceptors (Lipinski definition) is 26. The molecule has 28 nitrogen and oxygen atoms in total. The molecule has 15 N–H and O–H groups in total. The number of aliphatic hydroxyl groups is 13. The Morgan fingerprint density at radius 2 is 1.09 bits per heavy atom. The Hall–Kier alpha value is -2.57. The lowest BCUT2D eigenvalue weighted by Gasteiger charge is -2.61. The maximum Gasteiger partial charge on any atom is 0.217 e. The molecule has 4 aliphatic carbocycles. The molecular weight excluding hydrogens is 1150 g/mol. The Balaban J connectivity index is 0.990. The van der Waals surface area contributed by atoms with E-state index in [1.807, 2.05) is 0 Å². The highest BCUT2D eigenvalue weighted by Crippen LogP contribution is 2.68. The minimum Gasteiger partial charge on any atom is -0.394 e. The Morgan fingerprint density at radius 1 is 0.563 bits per heavy atom. The zero-order valence-electron chi connectivity index (χ0n) is 50.8. The Labute approximate surface area is 505 Å². The number of nitrogens with one attached hydrogen (secondary N) is 2. The van der Waals surface area contributed by atoms with Gasteiger partial charge in [0.1, 0.15) is 122 Å². The van der Waals surface area contributed by atoms with Gasteiger partial charge in [-0.1, -0.05) is 45.8 Å². The van der Waals surface area contributed by atoms with Crippen molar-refractivity contribution in [2.45, 2.75) is 267 Å². The molecule has 0 bridgehead atoms. The van der Waals surface area contributed by atoms with Crippen molar-refractivity contribution < 1.29 is 128 Å². The van der Waals surface area contributed by atoms with E-state index in [1.54, 1.807) is 12.5 Å². The lowest BCUT2D eigenvalue weighted by molar-refractivity contribution is -0.379. The van der Waals surface area contributed by atoms with Gasteiger partial charge >= 0.3 is 0 Å². The molecule has 31 atom stereocenters. The van der Waals surface area contributed by atoms with Crippen molar-refractivity contribution in [3.05, 3.63) is 11.1 Å². The van der Waals surface area contributed by atoms with E-state index >= 15 is 0 Å². The zero-order chi connectivity index (χ0) is 63.5. The second-order valence-corrected chi connectivity index (χ2v) is 27.1. The molecule has 0 radical (unpaired) electrons. The standard InChI is InChI=1S/C59H96N2O26/c1-23(17-24(2)65)28-10-11-29-27-9-12-36-57(5,6)37(14-16-59(36,8)30(27)13-15-58(28,29)7)85-56-50(44(72)35(22-79-56)84-52-38(60-25(3)66)45(73)40(68)31(18-62)80-52)86-53-39(61-26(4)67)46(74)43(71)34(83-53)21-78-55-51(48(76)42(70)33(20-64)82-55)87-54-49(77)47(75)41(69)32(19-63)81-54/h23,28-29,31-56,62-64,68-77H,9-22H2,1-8H3,(H,60,66)(H,61,67)/t23-,28-,29+,31-,32-,33-,34-,35-,36+,37+,38-,39-,40+,41-,42-,43-,44+,45-,46-,47+,48+,49-,50-,51-,52+,53+,54+,55-,56+,58-,59-/m1/s1. The largest absolute Gasteiger partial charge is 0.394 e. The van der Waals surface area contributed by atoms with Gasteiger partial charge in [-0.25, -0.2) is 0 Å². The maximum absolute atomic E-state index is 12.9. The van der Waals surface area contributed by atoms with Gasteiger partial charge < -0.3 is 129 Å². The molecule has 87 heavy (non-hydrogen) atoms. The van der Waals surface area contributed by atoms with Crippen LogP contribution in [0.5, 0.6) is 0 Å². The first-order chi connectivity index (χ1) is 41.0. The second-order valence-electron chi connectivity index (χ2n) is 27.1. The number of Topliss-reactive ketones (excluding diaryl/α,β-unsaturated/α-hetero) is 1. The molecule has 5 saturated heterocycles. The third kappa shape index (κ3) is 13.4. The van der Waals surface area contributed by atoms with Crippen LogP contribution < -0.4 is 10.6 Å². The van der Waals surface area contributed by atoms with Gasteiger partial charge in [0.2, 0.25) is 11.8 Å². The highest BCUT2D eigenvalue weighted by Gasteiger charge is 2.62. The molecule has 5 heterocycles. The molecule has 9 aliphatic rings. The fraction of sp³-hybridized carbons (Fsp3) is 0.915. The predicted octanol–water partition coefficient (Wildman–Crippen LogP) is -3.63. The normalized spacial score (nSPS) is 48.6. The average Bonchev–Trinajstić information content (AvgIpc) is 1.70. The van der Waals surface area contributed by atoms with Gasteiger partial charge in [0.15, 0.2) is 31.5 Å². The van der Waals surface area contributed by atoms with Crippen LogP contribution >= 0.6 is 0 Å². The number of amides is 2. The molecule has 5 aliphatic heterocycles. The lowest BCUT2D eigenvalue weighted by Crippen LogP contribution is -2.68. The van der Waals surface area contributed by atoms with Gasteiger partial charge in [-0.2, -0.15) is 0 Å². The number of carbonyl (C=O) groups is 3. The van der Waals surface area contributed by atoms with Crippen molar-refractivity contribution >= 4 is 17.6 Å². The van der Waals surface area contributed by atoms with Gasteiger partial charge in [-0.05, 0) is 98.2 Å². The SMILES string of the molecule is CC(=O)C[C@@H](C)[C@H]1CC[C@H]2C3=C(CC[C@]12C)[C@@]1(C)CC[C@H](O[C@@H]2OC[C@@H](O[C@@H]4O[C@H](CO)[C@H](O)[C@H](O)[C@H]4NC(C)=O)[C@H](O)[C@H]2O[C@@H]2O[C@H](CO[C@@H]4O[C@H](CO)[C@@H](O)[C@H](O)[C@H]4O[C@@H]4O[C@H](CO)[C@@H](O)[C@H](O)[C@H]4O)[C@@H](O)[C@H](O)[C@H]2NC(C)=O)C(C)(C)[C@@H]1CC3. The fourth-order valence-corrected chi connectivity index (χ4v) is 16.7. The van der Waals surface area contributed by atoms with Crippen molar-refractivity contribution in [3.63, 3.8) is 0 Å². The van der Waals surface area contributed by atoms with Crippen LogP contribution in [0, 0.1) is 39.9 Å². The van der Waals surface area contributed by atoms with E-state index in [0.29, 0.717) is 30.6 Å². The van der Waals surface area contributed by atoms with Crippen molar-refractivity contribution in [1.29, 1.82) is 0 Å².